The van der Waals surface area contributed by atoms with Crippen LogP contribution in [0.25, 0.3) is 0 Å². The summed E-state index contributed by atoms with van der Waals surface area (Å²) in [7, 11) is 0. The lowest BCUT2D eigenvalue weighted by Crippen LogP contribution is -2.36. The fourth-order valence-electron chi connectivity index (χ4n) is 0.465. The van der Waals surface area contributed by atoms with Gasteiger partial charge in [-0.25, -0.2) is 9.78 Å². The maximum Gasteiger partial charge on any atom is 0.228 e. The minimum absolute atomic E-state index is 0.373. The molecule has 0 aliphatic carbocycles. The molecule has 4 nitrogen and oxygen atoms in total. The van der Waals surface area contributed by atoms with Gasteiger partial charge in [0.25, 0.3) is 0 Å². The Morgan fingerprint density at radius 3 is 0.941 bits per heavy atom. The zero-order valence-electron chi connectivity index (χ0n) is 11.9. The highest BCUT2D eigenvalue weighted by Gasteiger charge is 2.28. The number of halogens is 2. The molecule has 0 radical (unpaired) electrons. The molecule has 0 unspecified atom stereocenters. The van der Waals surface area contributed by atoms with Gasteiger partial charge in [-0.3, -0.25) is 0 Å². The van der Waals surface area contributed by atoms with Gasteiger partial charge in [0.15, 0.2) is 0 Å². The molecule has 6 heteroatoms. The predicted molar refractivity (Wildman–Crippen MR) is 86.0 cm³/mol. The predicted octanol–water partition coefficient (Wildman–Crippen LogP) is 4.99. The normalized spacial score (nSPS) is 13.1. The van der Waals surface area contributed by atoms with Crippen LogP contribution in [0.15, 0.2) is 0 Å². The fourth-order valence-corrected chi connectivity index (χ4v) is 0.465. The van der Waals surface area contributed by atoms with Crippen molar-refractivity contribution in [3.8, 4) is 0 Å². The van der Waals surface area contributed by atoms with Crippen molar-refractivity contribution >= 4 is 37.2 Å². The summed E-state index contributed by atoms with van der Waals surface area (Å²) in [6, 6.07) is 0. The molecule has 0 fully saturated rings. The van der Waals surface area contributed by atoms with Gasteiger partial charge in [0.05, 0.1) is 11.2 Å². The average Bonchev–Trinajstić information content (AvgIpc) is 2.14. The molecule has 0 aromatic carbocycles. The summed E-state index contributed by atoms with van der Waals surface area (Å²) in [5, 5.41) is 0. The van der Waals surface area contributed by atoms with E-state index < -0.39 is 5.79 Å². The molecule has 0 saturated heterocycles. The van der Waals surface area contributed by atoms with Gasteiger partial charge < -0.3 is 0 Å². The third-order valence-corrected chi connectivity index (χ3v) is 0.985. The second-order valence-corrected chi connectivity index (χ2v) is 5.96. The zero-order chi connectivity index (χ0) is 14.3. The van der Waals surface area contributed by atoms with Gasteiger partial charge in [0.2, 0.25) is 5.79 Å². The van der Waals surface area contributed by atoms with E-state index in [2.05, 4.69) is 37.2 Å². The molecule has 0 aliphatic rings. The van der Waals surface area contributed by atoms with Crippen molar-refractivity contribution in [3.63, 3.8) is 0 Å². The van der Waals surface area contributed by atoms with Gasteiger partial charge in [0.1, 0.15) is 0 Å². The van der Waals surface area contributed by atoms with Crippen LogP contribution >= 0.6 is 37.2 Å². The summed E-state index contributed by atoms with van der Waals surface area (Å²) in [5.41, 5.74) is -0.745. The summed E-state index contributed by atoms with van der Waals surface area (Å²) in [5.74, 6) is -0.930. The van der Waals surface area contributed by atoms with Crippen molar-refractivity contribution in [1.82, 2.24) is 0 Å². The van der Waals surface area contributed by atoms with Gasteiger partial charge in [-0.05, 0) is 55.4 Å². The first-order valence-electron chi connectivity index (χ1n) is 5.29. The second kappa shape index (κ2) is 8.47. The van der Waals surface area contributed by atoms with Crippen LogP contribution in [0, 0.1) is 0 Å². The summed E-state index contributed by atoms with van der Waals surface area (Å²) in [4.78, 5) is 20.6. The van der Waals surface area contributed by atoms with Crippen molar-refractivity contribution in [1.29, 1.82) is 0 Å². The van der Waals surface area contributed by atoms with Crippen molar-refractivity contribution < 1.29 is 19.6 Å². The molecule has 17 heavy (non-hydrogen) atoms. The largest absolute Gasteiger partial charge is 0.228 e. The molecular weight excluding hydrogens is 450 g/mol. The smallest absolute Gasteiger partial charge is 0.228 e. The van der Waals surface area contributed by atoms with Crippen LogP contribution in [0.4, 0.5) is 0 Å². The molecule has 0 atom stereocenters. The molecule has 106 valence electrons. The van der Waals surface area contributed by atoms with Crippen molar-refractivity contribution in [2.75, 3.05) is 0 Å². The van der Waals surface area contributed by atoms with Crippen LogP contribution in [0.1, 0.15) is 55.4 Å². The van der Waals surface area contributed by atoms with Crippen LogP contribution in [-0.2, 0) is 19.6 Å². The highest BCUT2D eigenvalue weighted by Crippen LogP contribution is 2.20. The van der Waals surface area contributed by atoms with E-state index in [0.717, 1.165) is 0 Å². The Bertz CT molecular complexity index is 175. The second-order valence-electron chi connectivity index (χ2n) is 5.96. The van der Waals surface area contributed by atoms with E-state index in [1.54, 1.807) is 13.8 Å². The molecule has 0 aromatic rings. The third-order valence-electron chi connectivity index (χ3n) is 0.985. The van der Waals surface area contributed by atoms with E-state index in [0.29, 0.717) is 0 Å². The van der Waals surface area contributed by atoms with E-state index in [1.165, 1.54) is 0 Å². The molecule has 0 aliphatic heterocycles. The number of hydrogen-bond donors (Lipinski definition) is 0. The van der Waals surface area contributed by atoms with Gasteiger partial charge >= 0.3 is 0 Å². The van der Waals surface area contributed by atoms with Crippen LogP contribution in [0.5, 0.6) is 0 Å². The lowest BCUT2D eigenvalue weighted by Gasteiger charge is -2.29. The molecule has 0 N–H and O–H groups in total. The first kappa shape index (κ1) is 20.6. The fraction of sp³-hybridized carbons (Fsp3) is 1.00. The highest BCUT2D eigenvalue weighted by atomic mass is 128. The van der Waals surface area contributed by atoms with Crippen molar-refractivity contribution in [2.24, 2.45) is 0 Å². The van der Waals surface area contributed by atoms with Gasteiger partial charge in [0, 0.05) is 37.2 Å². The van der Waals surface area contributed by atoms with Crippen LogP contribution in [0.3, 0.4) is 0 Å². The third kappa shape index (κ3) is 17.3. The summed E-state index contributed by atoms with van der Waals surface area (Å²) in [6.07, 6.45) is 0. The zero-order valence-corrected chi connectivity index (χ0v) is 16.2. The van der Waals surface area contributed by atoms with Crippen LogP contribution in [0.2, 0.25) is 0 Å². The Hall–Kier alpha value is 1.30. The van der Waals surface area contributed by atoms with E-state index in [4.69, 9.17) is 19.6 Å². The topological polar surface area (TPSA) is 36.9 Å². The monoisotopic (exact) mass is 474 g/mol. The quantitative estimate of drug-likeness (QED) is 0.249. The lowest BCUT2D eigenvalue weighted by atomic mass is 10.2. The lowest BCUT2D eigenvalue weighted by molar-refractivity contribution is -0.531. The molecular formula is C11H24I2O4. The molecule has 0 saturated carbocycles. The Labute approximate surface area is 128 Å². The molecule has 0 amide bonds. The Morgan fingerprint density at radius 2 is 0.765 bits per heavy atom. The Morgan fingerprint density at radius 1 is 0.529 bits per heavy atom. The summed E-state index contributed by atoms with van der Waals surface area (Å²) < 4.78 is 0. The van der Waals surface area contributed by atoms with Crippen LogP contribution in [-0.4, -0.2) is 17.0 Å². The van der Waals surface area contributed by atoms with E-state index in [1.807, 2.05) is 41.5 Å². The minimum atomic E-state index is -0.930. The molecule has 0 bridgehead atoms. The summed E-state index contributed by atoms with van der Waals surface area (Å²) in [6.45, 7) is 14.8. The Balaban J connectivity index is 0. The molecule has 0 spiro atoms. The Kier molecular flexibility index (Phi) is 10.3. The van der Waals surface area contributed by atoms with E-state index >= 15 is 0 Å². The minimum Gasteiger partial charge on any atom is -0.228 e. The van der Waals surface area contributed by atoms with Gasteiger partial charge in [-0.15, -0.1) is 0 Å². The SMILES string of the molecule is CC(C)(C)OOC(C)(C)OOC(C)(C)C.II. The molecule has 0 heterocycles. The molecule has 0 rings (SSSR count). The first-order chi connectivity index (χ1) is 7.41. The maximum absolute atomic E-state index is 5.15. The number of hydrogen-bond acceptors (Lipinski definition) is 4. The van der Waals surface area contributed by atoms with Crippen molar-refractivity contribution in [3.05, 3.63) is 0 Å². The van der Waals surface area contributed by atoms with Gasteiger partial charge in [-0.1, -0.05) is 0 Å². The van der Waals surface area contributed by atoms with E-state index in [-0.39, 0.29) is 11.2 Å². The van der Waals surface area contributed by atoms with Gasteiger partial charge in [-0.2, -0.15) is 9.78 Å². The first-order valence-corrected chi connectivity index (χ1v) is 11.6. The number of rotatable bonds is 4. The van der Waals surface area contributed by atoms with Crippen molar-refractivity contribution in [2.45, 2.75) is 72.4 Å². The maximum atomic E-state index is 5.15. The van der Waals surface area contributed by atoms with Crippen LogP contribution < -0.4 is 0 Å². The highest BCUT2D eigenvalue weighted by molar-refractivity contribution is 15.0. The van der Waals surface area contributed by atoms with E-state index in [9.17, 15) is 0 Å². The standard InChI is InChI=1S/C11H24O4.I2/c1-9(2,3)12-14-11(7,8)15-13-10(4,5)6;1-2/h1-8H3;. The molecule has 0 aromatic heterocycles. The average molecular weight is 474 g/mol. The summed E-state index contributed by atoms with van der Waals surface area (Å²) >= 11 is 4.24.